The molecule has 6 heteroatoms. The number of ether oxygens (including phenoxy) is 1. The predicted molar refractivity (Wildman–Crippen MR) is 57.6 cm³/mol. The molecule has 0 saturated carbocycles. The van der Waals surface area contributed by atoms with Gasteiger partial charge in [-0.1, -0.05) is 0 Å². The quantitative estimate of drug-likeness (QED) is 0.584. The third kappa shape index (κ3) is 3.19. The number of hydrogen-bond donors (Lipinski definition) is 2. The lowest BCUT2D eigenvalue weighted by atomic mass is 10.3. The lowest BCUT2D eigenvalue weighted by Gasteiger charge is -2.12. The molecule has 1 aromatic carbocycles. The Labute approximate surface area is 89.3 Å². The van der Waals surface area contributed by atoms with Crippen molar-refractivity contribution in [1.29, 1.82) is 0 Å². The minimum Gasteiger partial charge on any atom is -0.399 e. The Kier molecular flexibility index (Phi) is 3.67. The summed E-state index contributed by atoms with van der Waals surface area (Å²) in [5.41, 5.74) is 5.98. The minimum absolute atomic E-state index is 0.167. The van der Waals surface area contributed by atoms with Crippen LogP contribution in [0.4, 0.5) is 5.69 Å². The first kappa shape index (κ1) is 12.0. The van der Waals surface area contributed by atoms with Gasteiger partial charge in [-0.15, -0.1) is 0 Å². The van der Waals surface area contributed by atoms with Crippen LogP contribution >= 0.6 is 0 Å². The molecule has 0 fully saturated rings. The molecule has 0 heterocycles. The molecule has 0 aliphatic rings. The SMILES string of the molecule is COC(C)NS(=O)(=O)c1ccc(N)cc1. The van der Waals surface area contributed by atoms with E-state index in [0.717, 1.165) is 0 Å². The lowest BCUT2D eigenvalue weighted by Crippen LogP contribution is -2.33. The van der Waals surface area contributed by atoms with E-state index in [9.17, 15) is 8.42 Å². The van der Waals surface area contributed by atoms with E-state index in [0.29, 0.717) is 5.69 Å². The molecule has 1 rings (SSSR count). The Morgan fingerprint density at radius 3 is 2.33 bits per heavy atom. The third-order valence-corrected chi connectivity index (χ3v) is 3.40. The molecule has 0 aromatic heterocycles. The van der Waals surface area contributed by atoms with Crippen LogP contribution in [0.15, 0.2) is 29.2 Å². The van der Waals surface area contributed by atoms with Gasteiger partial charge in [0.05, 0.1) is 4.90 Å². The average Bonchev–Trinajstić information content (AvgIpc) is 2.17. The van der Waals surface area contributed by atoms with Gasteiger partial charge in [-0.3, -0.25) is 0 Å². The van der Waals surface area contributed by atoms with Gasteiger partial charge in [-0.2, -0.15) is 4.72 Å². The number of sulfonamides is 1. The molecular weight excluding hydrogens is 216 g/mol. The van der Waals surface area contributed by atoms with Crippen molar-refractivity contribution in [3.63, 3.8) is 0 Å². The summed E-state index contributed by atoms with van der Waals surface area (Å²) in [6, 6.07) is 5.96. The summed E-state index contributed by atoms with van der Waals surface area (Å²) in [4.78, 5) is 0.167. The maximum absolute atomic E-state index is 11.7. The van der Waals surface area contributed by atoms with Gasteiger partial charge in [0.25, 0.3) is 0 Å². The largest absolute Gasteiger partial charge is 0.399 e. The fourth-order valence-corrected chi connectivity index (χ4v) is 2.15. The zero-order valence-electron chi connectivity index (χ0n) is 8.60. The number of anilines is 1. The van der Waals surface area contributed by atoms with Gasteiger partial charge in [0, 0.05) is 12.8 Å². The highest BCUT2D eigenvalue weighted by Crippen LogP contribution is 2.11. The van der Waals surface area contributed by atoms with Crippen molar-refractivity contribution in [2.45, 2.75) is 18.0 Å². The summed E-state index contributed by atoms with van der Waals surface area (Å²) in [7, 11) is -2.09. The van der Waals surface area contributed by atoms with E-state index in [1.165, 1.54) is 31.4 Å². The van der Waals surface area contributed by atoms with E-state index >= 15 is 0 Å². The highest BCUT2D eigenvalue weighted by molar-refractivity contribution is 7.89. The van der Waals surface area contributed by atoms with Crippen LogP contribution in [0.5, 0.6) is 0 Å². The van der Waals surface area contributed by atoms with Gasteiger partial charge >= 0.3 is 0 Å². The number of nitrogens with two attached hydrogens (primary N) is 1. The van der Waals surface area contributed by atoms with Gasteiger partial charge in [0.1, 0.15) is 6.23 Å². The molecule has 1 unspecified atom stereocenters. The Bertz CT molecular complexity index is 413. The fourth-order valence-electron chi connectivity index (χ4n) is 0.982. The molecule has 0 amide bonds. The predicted octanol–water partition coefficient (Wildman–Crippen LogP) is 0.539. The summed E-state index contributed by atoms with van der Waals surface area (Å²) in [5.74, 6) is 0. The first-order valence-electron chi connectivity index (χ1n) is 4.36. The second-order valence-corrected chi connectivity index (χ2v) is 4.78. The van der Waals surface area contributed by atoms with Crippen molar-refractivity contribution in [3.05, 3.63) is 24.3 Å². The van der Waals surface area contributed by atoms with E-state index < -0.39 is 16.3 Å². The first-order valence-corrected chi connectivity index (χ1v) is 5.84. The number of nitrogens with one attached hydrogen (secondary N) is 1. The van der Waals surface area contributed by atoms with Gasteiger partial charge in [-0.25, -0.2) is 8.42 Å². The van der Waals surface area contributed by atoms with Crippen LogP contribution in [-0.4, -0.2) is 21.8 Å². The number of methoxy groups -OCH3 is 1. The van der Waals surface area contributed by atoms with Crippen LogP contribution < -0.4 is 10.5 Å². The van der Waals surface area contributed by atoms with Gasteiger partial charge in [0.2, 0.25) is 10.0 Å². The highest BCUT2D eigenvalue weighted by atomic mass is 32.2. The van der Waals surface area contributed by atoms with E-state index in [4.69, 9.17) is 10.5 Å². The molecule has 5 nitrogen and oxygen atoms in total. The zero-order valence-corrected chi connectivity index (χ0v) is 9.41. The van der Waals surface area contributed by atoms with Crippen LogP contribution in [0, 0.1) is 0 Å². The Hall–Kier alpha value is -1.11. The lowest BCUT2D eigenvalue weighted by molar-refractivity contribution is 0.109. The van der Waals surface area contributed by atoms with Crippen LogP contribution in [0.1, 0.15) is 6.92 Å². The molecular formula is C9H14N2O3S. The summed E-state index contributed by atoms with van der Waals surface area (Å²) in [6.07, 6.45) is -0.562. The summed E-state index contributed by atoms with van der Waals surface area (Å²) >= 11 is 0. The summed E-state index contributed by atoms with van der Waals surface area (Å²) in [6.45, 7) is 1.61. The van der Waals surface area contributed by atoms with E-state index in [-0.39, 0.29) is 4.90 Å². The van der Waals surface area contributed by atoms with Crippen LogP contribution in [0.3, 0.4) is 0 Å². The molecule has 0 bridgehead atoms. The first-order chi connectivity index (χ1) is 6.95. The monoisotopic (exact) mass is 230 g/mol. The molecule has 0 aliphatic heterocycles. The van der Waals surface area contributed by atoms with Gasteiger partial charge in [-0.05, 0) is 31.2 Å². The fraction of sp³-hybridized carbons (Fsp3) is 0.333. The molecule has 1 atom stereocenters. The van der Waals surface area contributed by atoms with E-state index in [2.05, 4.69) is 4.72 Å². The molecule has 0 spiro atoms. The van der Waals surface area contributed by atoms with Gasteiger partial charge in [0.15, 0.2) is 0 Å². The second kappa shape index (κ2) is 4.61. The molecule has 3 N–H and O–H groups in total. The van der Waals surface area contributed by atoms with Crippen LogP contribution in [0.25, 0.3) is 0 Å². The summed E-state index contributed by atoms with van der Waals surface area (Å²) < 4.78 is 30.5. The maximum atomic E-state index is 11.7. The zero-order chi connectivity index (χ0) is 11.5. The minimum atomic E-state index is -3.52. The van der Waals surface area contributed by atoms with Crippen molar-refractivity contribution in [1.82, 2.24) is 4.72 Å². The number of rotatable bonds is 4. The third-order valence-electron chi connectivity index (χ3n) is 1.87. The smallest absolute Gasteiger partial charge is 0.242 e. The highest BCUT2D eigenvalue weighted by Gasteiger charge is 2.16. The molecule has 0 radical (unpaired) electrons. The second-order valence-electron chi connectivity index (χ2n) is 3.07. The van der Waals surface area contributed by atoms with Crippen LogP contribution in [-0.2, 0) is 14.8 Å². The Balaban J connectivity index is 2.91. The van der Waals surface area contributed by atoms with Crippen molar-refractivity contribution >= 4 is 15.7 Å². The summed E-state index contributed by atoms with van der Waals surface area (Å²) in [5, 5.41) is 0. The molecule has 84 valence electrons. The number of nitrogen functional groups attached to an aromatic ring is 1. The molecule has 0 aliphatic carbocycles. The number of hydrogen-bond acceptors (Lipinski definition) is 4. The van der Waals surface area contributed by atoms with Crippen molar-refractivity contribution in [2.24, 2.45) is 0 Å². The van der Waals surface area contributed by atoms with E-state index in [1.807, 2.05) is 0 Å². The molecule has 15 heavy (non-hydrogen) atoms. The van der Waals surface area contributed by atoms with E-state index in [1.54, 1.807) is 6.92 Å². The van der Waals surface area contributed by atoms with Crippen molar-refractivity contribution in [2.75, 3.05) is 12.8 Å². The van der Waals surface area contributed by atoms with Crippen molar-refractivity contribution < 1.29 is 13.2 Å². The molecule has 1 aromatic rings. The Morgan fingerprint density at radius 2 is 1.87 bits per heavy atom. The number of benzene rings is 1. The maximum Gasteiger partial charge on any atom is 0.242 e. The van der Waals surface area contributed by atoms with Gasteiger partial charge < -0.3 is 10.5 Å². The molecule has 0 saturated heterocycles. The van der Waals surface area contributed by atoms with Crippen molar-refractivity contribution in [3.8, 4) is 0 Å². The topological polar surface area (TPSA) is 81.4 Å². The standard InChI is InChI=1S/C9H14N2O3S/c1-7(14-2)11-15(12,13)9-5-3-8(10)4-6-9/h3-7,11H,10H2,1-2H3. The average molecular weight is 230 g/mol. The van der Waals surface area contributed by atoms with Crippen LogP contribution in [0.2, 0.25) is 0 Å². The normalized spacial score (nSPS) is 13.7. The Morgan fingerprint density at radius 1 is 1.33 bits per heavy atom.